The van der Waals surface area contributed by atoms with E-state index in [1.54, 1.807) is 22.9 Å². The van der Waals surface area contributed by atoms with Crippen molar-refractivity contribution >= 4 is 11.0 Å². The number of hydrogen-bond acceptors (Lipinski definition) is 3. The summed E-state index contributed by atoms with van der Waals surface area (Å²) in [4.78, 5) is 29.4. The van der Waals surface area contributed by atoms with Gasteiger partial charge >= 0.3 is 11.9 Å². The summed E-state index contributed by atoms with van der Waals surface area (Å²) in [6, 6.07) is 7.12. The Bertz CT molecular complexity index is 1470. The standard InChI is InChI=1S/C25H28F3N5O2/c1-15(2)11-32-21-9-20(30-22(21)23(34)33(24(32)35)12-16(3)4)18-10-29-31(14-18)13-17-7-5-6-8-19(17)25(26,27)28/h5-10,14-16,30H,11-13H2,1-4H3. The van der Waals surface area contributed by atoms with E-state index in [1.165, 1.54) is 27.6 Å². The molecule has 0 fully saturated rings. The van der Waals surface area contributed by atoms with Crippen molar-refractivity contribution in [2.24, 2.45) is 11.8 Å². The maximum Gasteiger partial charge on any atom is 0.416 e. The van der Waals surface area contributed by atoms with Gasteiger partial charge in [0.25, 0.3) is 5.56 Å². The van der Waals surface area contributed by atoms with Crippen molar-refractivity contribution < 1.29 is 13.2 Å². The van der Waals surface area contributed by atoms with Crippen LogP contribution in [0.2, 0.25) is 0 Å². The molecule has 7 nitrogen and oxygen atoms in total. The first-order valence-corrected chi connectivity index (χ1v) is 11.5. The number of fused-ring (bicyclic) bond motifs is 1. The molecule has 0 spiro atoms. The topological polar surface area (TPSA) is 77.6 Å². The molecule has 35 heavy (non-hydrogen) atoms. The minimum absolute atomic E-state index is 0.0604. The van der Waals surface area contributed by atoms with Crippen LogP contribution in [-0.4, -0.2) is 23.9 Å². The number of rotatable bonds is 7. The molecule has 3 heterocycles. The minimum Gasteiger partial charge on any atom is -0.349 e. The smallest absolute Gasteiger partial charge is 0.349 e. The Kier molecular flexibility index (Phi) is 6.48. The lowest BCUT2D eigenvalue weighted by atomic mass is 10.1. The summed E-state index contributed by atoms with van der Waals surface area (Å²) in [7, 11) is 0. The molecule has 4 rings (SSSR count). The molecule has 10 heteroatoms. The summed E-state index contributed by atoms with van der Waals surface area (Å²) < 4.78 is 44.3. The van der Waals surface area contributed by atoms with Gasteiger partial charge in [0.2, 0.25) is 0 Å². The Morgan fingerprint density at radius 3 is 2.31 bits per heavy atom. The van der Waals surface area contributed by atoms with Gasteiger partial charge in [-0.25, -0.2) is 4.79 Å². The normalized spacial score (nSPS) is 12.4. The lowest BCUT2D eigenvalue weighted by Gasteiger charge is -2.14. The molecule has 0 saturated heterocycles. The highest BCUT2D eigenvalue weighted by Gasteiger charge is 2.33. The van der Waals surface area contributed by atoms with Crippen molar-refractivity contribution in [2.75, 3.05) is 0 Å². The molecule has 4 aromatic rings. The molecular weight excluding hydrogens is 459 g/mol. The van der Waals surface area contributed by atoms with Crippen LogP contribution in [0.1, 0.15) is 38.8 Å². The fourth-order valence-corrected chi connectivity index (χ4v) is 4.21. The van der Waals surface area contributed by atoms with E-state index in [-0.39, 0.29) is 29.6 Å². The lowest BCUT2D eigenvalue weighted by Crippen LogP contribution is -2.41. The van der Waals surface area contributed by atoms with Gasteiger partial charge in [-0.1, -0.05) is 45.9 Å². The highest BCUT2D eigenvalue weighted by molar-refractivity contribution is 5.82. The van der Waals surface area contributed by atoms with Crippen LogP contribution in [0.5, 0.6) is 0 Å². The van der Waals surface area contributed by atoms with Gasteiger partial charge in [0.15, 0.2) is 0 Å². The molecule has 0 aliphatic carbocycles. The highest BCUT2D eigenvalue weighted by Crippen LogP contribution is 2.32. The molecule has 3 aromatic heterocycles. The molecule has 1 aromatic carbocycles. The molecule has 0 aliphatic heterocycles. The second-order valence-electron chi connectivity index (χ2n) is 9.62. The Morgan fingerprint density at radius 2 is 1.66 bits per heavy atom. The first-order valence-electron chi connectivity index (χ1n) is 11.5. The Labute approximate surface area is 199 Å². The van der Waals surface area contributed by atoms with Crippen molar-refractivity contribution in [1.29, 1.82) is 0 Å². The van der Waals surface area contributed by atoms with Crippen molar-refractivity contribution in [3.8, 4) is 11.3 Å². The van der Waals surface area contributed by atoms with Gasteiger partial charge in [-0.15, -0.1) is 0 Å². The zero-order chi connectivity index (χ0) is 25.5. The average Bonchev–Trinajstić information content (AvgIpc) is 3.41. The van der Waals surface area contributed by atoms with Gasteiger partial charge in [-0.3, -0.25) is 18.6 Å². The van der Waals surface area contributed by atoms with Crippen molar-refractivity contribution in [1.82, 2.24) is 23.9 Å². The Morgan fingerprint density at radius 1 is 1.00 bits per heavy atom. The number of aromatic nitrogens is 5. The van der Waals surface area contributed by atoms with Gasteiger partial charge in [0.1, 0.15) is 5.52 Å². The van der Waals surface area contributed by atoms with Crippen LogP contribution in [0.15, 0.2) is 52.3 Å². The fourth-order valence-electron chi connectivity index (χ4n) is 4.21. The van der Waals surface area contributed by atoms with Gasteiger partial charge in [-0.05, 0) is 29.5 Å². The van der Waals surface area contributed by atoms with E-state index < -0.39 is 17.3 Å². The second kappa shape index (κ2) is 9.24. The van der Waals surface area contributed by atoms with E-state index in [0.717, 1.165) is 6.07 Å². The molecule has 186 valence electrons. The van der Waals surface area contributed by atoms with E-state index in [9.17, 15) is 22.8 Å². The molecule has 0 amide bonds. The van der Waals surface area contributed by atoms with E-state index in [1.807, 2.05) is 27.7 Å². The number of nitrogens with one attached hydrogen (secondary N) is 1. The van der Waals surface area contributed by atoms with Crippen LogP contribution < -0.4 is 11.2 Å². The minimum atomic E-state index is -4.46. The SMILES string of the molecule is CC(C)Cn1c(=O)c2[nH]c(-c3cnn(Cc4ccccc4C(F)(F)F)c3)cc2n(CC(C)C)c1=O. The van der Waals surface area contributed by atoms with Crippen LogP contribution >= 0.6 is 0 Å². The molecule has 0 bridgehead atoms. The zero-order valence-electron chi connectivity index (χ0n) is 20.1. The third-order valence-electron chi connectivity index (χ3n) is 5.70. The lowest BCUT2D eigenvalue weighted by molar-refractivity contribution is -0.138. The van der Waals surface area contributed by atoms with Gasteiger partial charge in [0.05, 0.1) is 29.5 Å². The van der Waals surface area contributed by atoms with Crippen LogP contribution in [-0.2, 0) is 25.8 Å². The Hall–Kier alpha value is -3.56. The summed E-state index contributed by atoms with van der Waals surface area (Å²) in [5.41, 5.74) is 0.636. The predicted molar refractivity (Wildman–Crippen MR) is 128 cm³/mol. The van der Waals surface area contributed by atoms with Crippen LogP contribution in [0, 0.1) is 11.8 Å². The van der Waals surface area contributed by atoms with Crippen LogP contribution in [0.25, 0.3) is 22.3 Å². The molecule has 0 radical (unpaired) electrons. The summed E-state index contributed by atoms with van der Waals surface area (Å²) in [6.45, 7) is 8.55. The average molecular weight is 488 g/mol. The number of alkyl halides is 3. The van der Waals surface area contributed by atoms with Crippen LogP contribution in [0.3, 0.4) is 0 Å². The third kappa shape index (κ3) is 4.96. The number of aromatic amines is 1. The molecule has 0 atom stereocenters. The van der Waals surface area contributed by atoms with E-state index in [4.69, 9.17) is 0 Å². The summed E-state index contributed by atoms with van der Waals surface area (Å²) in [5, 5.41) is 4.23. The van der Waals surface area contributed by atoms with Crippen molar-refractivity contribution in [2.45, 2.75) is 53.5 Å². The van der Waals surface area contributed by atoms with E-state index in [0.29, 0.717) is 35.4 Å². The number of halogens is 3. The van der Waals surface area contributed by atoms with Crippen molar-refractivity contribution in [3.05, 3.63) is 74.7 Å². The van der Waals surface area contributed by atoms with E-state index in [2.05, 4.69) is 10.1 Å². The number of H-pyrrole nitrogens is 1. The molecule has 0 aliphatic rings. The van der Waals surface area contributed by atoms with Crippen molar-refractivity contribution in [3.63, 3.8) is 0 Å². The first kappa shape index (κ1) is 24.6. The highest BCUT2D eigenvalue weighted by atomic mass is 19.4. The zero-order valence-corrected chi connectivity index (χ0v) is 20.1. The largest absolute Gasteiger partial charge is 0.416 e. The van der Waals surface area contributed by atoms with Gasteiger partial charge in [-0.2, -0.15) is 18.3 Å². The van der Waals surface area contributed by atoms with Gasteiger partial charge in [0, 0.05) is 24.8 Å². The van der Waals surface area contributed by atoms with Gasteiger partial charge < -0.3 is 4.98 Å². The molecular formula is C25H28F3N5O2. The van der Waals surface area contributed by atoms with E-state index >= 15 is 0 Å². The first-order chi connectivity index (χ1) is 16.5. The molecule has 1 N–H and O–H groups in total. The number of nitrogens with zero attached hydrogens (tertiary/aromatic N) is 4. The molecule has 0 unspecified atom stereocenters. The monoisotopic (exact) mass is 487 g/mol. The number of benzene rings is 1. The molecule has 0 saturated carbocycles. The fraction of sp³-hybridized carbons (Fsp3) is 0.400. The summed E-state index contributed by atoms with van der Waals surface area (Å²) in [6.07, 6.45) is -1.31. The third-order valence-corrected chi connectivity index (χ3v) is 5.70. The maximum absolute atomic E-state index is 13.4. The second-order valence-corrected chi connectivity index (χ2v) is 9.62. The summed E-state index contributed by atoms with van der Waals surface area (Å²) >= 11 is 0. The quantitative estimate of drug-likeness (QED) is 0.409. The summed E-state index contributed by atoms with van der Waals surface area (Å²) in [5.74, 6) is 0.285. The number of hydrogen-bond donors (Lipinski definition) is 1. The Balaban J connectivity index is 1.77. The predicted octanol–water partition coefficient (Wildman–Crippen LogP) is 4.73. The maximum atomic E-state index is 13.4. The van der Waals surface area contributed by atoms with Crippen LogP contribution in [0.4, 0.5) is 13.2 Å².